The normalized spacial score (nSPS) is 11.2. The first-order valence-corrected chi connectivity index (χ1v) is 6.72. The Kier molecular flexibility index (Phi) is 4.96. The van der Waals surface area contributed by atoms with Crippen LogP contribution >= 0.6 is 0 Å². The zero-order valence-electron chi connectivity index (χ0n) is 12.9. The van der Waals surface area contributed by atoms with Crippen LogP contribution in [0.3, 0.4) is 0 Å². The molecule has 1 heterocycles. The van der Waals surface area contributed by atoms with Gasteiger partial charge >= 0.3 is 5.97 Å². The number of esters is 1. The van der Waals surface area contributed by atoms with Gasteiger partial charge in [0.2, 0.25) is 0 Å². The van der Waals surface area contributed by atoms with Gasteiger partial charge in [-0.15, -0.1) is 0 Å². The maximum absolute atomic E-state index is 12.2. The predicted octanol–water partition coefficient (Wildman–Crippen LogP) is 2.20. The molecule has 0 aliphatic rings. The summed E-state index contributed by atoms with van der Waals surface area (Å²) in [7, 11) is 1.24. The number of rotatable bonds is 4. The number of aromatic nitrogens is 1. The number of nitrogens with one attached hydrogen (secondary N) is 1. The molecular weight excluding hydrogens is 314 g/mol. The summed E-state index contributed by atoms with van der Waals surface area (Å²) in [5.74, 6) is -1.68. The maximum atomic E-state index is 12.2. The zero-order valence-corrected chi connectivity index (χ0v) is 12.9. The van der Waals surface area contributed by atoms with Crippen LogP contribution in [0, 0.1) is 18.3 Å². The van der Waals surface area contributed by atoms with E-state index in [2.05, 4.69) is 15.2 Å². The molecular formula is C16H13N3O5. The van der Waals surface area contributed by atoms with Crippen LogP contribution in [0.5, 0.6) is 0 Å². The number of carbonyl (C=O) groups is 2. The van der Waals surface area contributed by atoms with E-state index in [4.69, 9.17) is 9.78 Å². The fraction of sp³-hybridized carbons (Fsp3) is 0.125. The van der Waals surface area contributed by atoms with Gasteiger partial charge in [-0.05, 0) is 25.1 Å². The molecule has 0 fully saturated rings. The van der Waals surface area contributed by atoms with Crippen LogP contribution < -0.4 is 5.32 Å². The molecule has 0 unspecified atom stereocenters. The van der Waals surface area contributed by atoms with Crippen molar-refractivity contribution in [2.45, 2.75) is 6.92 Å². The van der Waals surface area contributed by atoms with E-state index in [9.17, 15) is 14.7 Å². The largest absolute Gasteiger partial charge is 0.506 e. The van der Waals surface area contributed by atoms with E-state index in [0.717, 1.165) is 0 Å². The highest BCUT2D eigenvalue weighted by molar-refractivity contribution is 6.11. The number of amides is 1. The van der Waals surface area contributed by atoms with Gasteiger partial charge in [0, 0.05) is 5.69 Å². The number of aliphatic hydroxyl groups is 1. The molecule has 24 heavy (non-hydrogen) atoms. The Bertz CT molecular complexity index is 861. The highest BCUT2D eigenvalue weighted by Gasteiger charge is 2.20. The predicted molar refractivity (Wildman–Crippen MR) is 82.8 cm³/mol. The lowest BCUT2D eigenvalue weighted by atomic mass is 10.1. The number of hydrogen-bond acceptors (Lipinski definition) is 7. The third-order valence-corrected chi connectivity index (χ3v) is 3.12. The molecule has 2 rings (SSSR count). The number of hydrogen-bond donors (Lipinski definition) is 2. The van der Waals surface area contributed by atoms with E-state index in [0.29, 0.717) is 0 Å². The molecule has 2 aromatic rings. The van der Waals surface area contributed by atoms with Crippen molar-refractivity contribution in [3.05, 3.63) is 52.9 Å². The van der Waals surface area contributed by atoms with Gasteiger partial charge in [-0.1, -0.05) is 11.2 Å². The molecule has 0 saturated heterocycles. The Hall–Kier alpha value is -3.60. The topological polar surface area (TPSA) is 125 Å². The minimum atomic E-state index is -0.836. The summed E-state index contributed by atoms with van der Waals surface area (Å²) in [6, 6.07) is 7.62. The molecule has 122 valence electrons. The van der Waals surface area contributed by atoms with Gasteiger partial charge < -0.3 is 19.7 Å². The highest BCUT2D eigenvalue weighted by atomic mass is 16.5. The summed E-state index contributed by atoms with van der Waals surface area (Å²) in [6.07, 6.45) is 1.20. The van der Waals surface area contributed by atoms with Crippen LogP contribution in [0.2, 0.25) is 0 Å². The van der Waals surface area contributed by atoms with Crippen LogP contribution in [0.1, 0.15) is 21.7 Å². The highest BCUT2D eigenvalue weighted by Crippen LogP contribution is 2.20. The van der Waals surface area contributed by atoms with Crippen LogP contribution in [0.4, 0.5) is 5.69 Å². The molecule has 0 aliphatic carbocycles. The number of nitriles is 1. The average Bonchev–Trinajstić information content (AvgIpc) is 3.00. The molecule has 0 aliphatic heterocycles. The summed E-state index contributed by atoms with van der Waals surface area (Å²) in [4.78, 5) is 23.7. The molecule has 0 saturated carbocycles. The Morgan fingerprint density at radius 3 is 2.75 bits per heavy atom. The molecule has 8 nitrogen and oxygen atoms in total. The summed E-state index contributed by atoms with van der Waals surface area (Å²) in [5.41, 5.74) is 0.136. The van der Waals surface area contributed by atoms with Crippen molar-refractivity contribution in [2.24, 2.45) is 0 Å². The first-order valence-electron chi connectivity index (χ1n) is 6.72. The molecule has 8 heteroatoms. The molecule has 1 amide bonds. The first-order chi connectivity index (χ1) is 11.5. The molecule has 0 bridgehead atoms. The Labute approximate surface area is 136 Å². The van der Waals surface area contributed by atoms with E-state index >= 15 is 0 Å². The lowest BCUT2D eigenvalue weighted by molar-refractivity contribution is -0.112. The second kappa shape index (κ2) is 7.11. The van der Waals surface area contributed by atoms with Crippen LogP contribution in [-0.2, 0) is 9.53 Å². The van der Waals surface area contributed by atoms with Crippen LogP contribution in [-0.4, -0.2) is 29.2 Å². The molecule has 2 N–H and O–H groups in total. The average molecular weight is 327 g/mol. The third kappa shape index (κ3) is 3.41. The van der Waals surface area contributed by atoms with Gasteiger partial charge in [0.05, 0.1) is 24.4 Å². The number of methoxy groups -OCH3 is 1. The van der Waals surface area contributed by atoms with E-state index in [1.165, 1.54) is 38.4 Å². The van der Waals surface area contributed by atoms with Crippen molar-refractivity contribution in [1.29, 1.82) is 5.26 Å². The summed E-state index contributed by atoms with van der Waals surface area (Å²) in [6.45, 7) is 1.53. The van der Waals surface area contributed by atoms with E-state index < -0.39 is 23.2 Å². The van der Waals surface area contributed by atoms with Crippen molar-refractivity contribution in [3.63, 3.8) is 0 Å². The van der Waals surface area contributed by atoms with Gasteiger partial charge in [0.25, 0.3) is 5.91 Å². The van der Waals surface area contributed by atoms with Crippen molar-refractivity contribution < 1.29 is 24.0 Å². The number of anilines is 1. The summed E-state index contributed by atoms with van der Waals surface area (Å²) < 4.78 is 9.39. The van der Waals surface area contributed by atoms with E-state index in [1.54, 1.807) is 12.1 Å². The summed E-state index contributed by atoms with van der Waals surface area (Å²) >= 11 is 0. The van der Waals surface area contributed by atoms with Gasteiger partial charge in [-0.25, -0.2) is 4.79 Å². The first kappa shape index (κ1) is 16.8. The number of benzene rings is 1. The standard InChI is InChI=1S/C16H13N3O5/c1-9-13(8-18-24-9)14(20)12(7-17)15(21)19-11-5-3-4-10(6-11)16(22)23-2/h3-6,8,20H,1-2H3,(H,19,21)/b14-12-. The molecule has 0 radical (unpaired) electrons. The van der Waals surface area contributed by atoms with Gasteiger partial charge in [-0.3, -0.25) is 4.79 Å². The Balaban J connectivity index is 2.30. The van der Waals surface area contributed by atoms with E-state index in [1.807, 2.05) is 0 Å². The third-order valence-electron chi connectivity index (χ3n) is 3.12. The minimum absolute atomic E-state index is 0.144. The SMILES string of the molecule is COC(=O)c1cccc(NC(=O)/C(C#N)=C(\O)c2cnoc2C)c1. The number of carbonyl (C=O) groups excluding carboxylic acids is 2. The van der Waals surface area contributed by atoms with Crippen LogP contribution in [0.25, 0.3) is 5.76 Å². The van der Waals surface area contributed by atoms with Gasteiger partial charge in [0.1, 0.15) is 11.8 Å². The van der Waals surface area contributed by atoms with Crippen molar-refractivity contribution in [3.8, 4) is 6.07 Å². The second-order valence-corrected chi connectivity index (χ2v) is 4.66. The summed E-state index contributed by atoms with van der Waals surface area (Å²) in [5, 5.41) is 25.2. The number of aliphatic hydroxyl groups excluding tert-OH is 1. The number of aryl methyl sites for hydroxylation is 1. The molecule has 0 spiro atoms. The molecule has 1 aromatic carbocycles. The van der Waals surface area contributed by atoms with Crippen LogP contribution in [0.15, 0.2) is 40.6 Å². The van der Waals surface area contributed by atoms with E-state index in [-0.39, 0.29) is 22.6 Å². The van der Waals surface area contributed by atoms with Crippen molar-refractivity contribution in [2.75, 3.05) is 12.4 Å². The smallest absolute Gasteiger partial charge is 0.337 e. The Morgan fingerprint density at radius 1 is 1.42 bits per heavy atom. The zero-order chi connectivity index (χ0) is 17.7. The lowest BCUT2D eigenvalue weighted by Gasteiger charge is -2.07. The maximum Gasteiger partial charge on any atom is 0.337 e. The number of nitrogens with zero attached hydrogens (tertiary/aromatic N) is 2. The van der Waals surface area contributed by atoms with Crippen molar-refractivity contribution >= 4 is 23.3 Å². The second-order valence-electron chi connectivity index (χ2n) is 4.66. The Morgan fingerprint density at radius 2 is 2.17 bits per heavy atom. The van der Waals surface area contributed by atoms with Crippen molar-refractivity contribution in [1.82, 2.24) is 5.16 Å². The fourth-order valence-corrected chi connectivity index (χ4v) is 1.91. The molecule has 0 atom stereocenters. The monoisotopic (exact) mass is 327 g/mol. The van der Waals surface area contributed by atoms with Gasteiger partial charge in [-0.2, -0.15) is 5.26 Å². The lowest BCUT2D eigenvalue weighted by Crippen LogP contribution is -2.15. The van der Waals surface area contributed by atoms with Gasteiger partial charge in [0.15, 0.2) is 11.3 Å². The number of ether oxygens (including phenoxy) is 1. The molecule has 1 aromatic heterocycles. The quantitative estimate of drug-likeness (QED) is 0.381. The fourth-order valence-electron chi connectivity index (χ4n) is 1.91. The minimum Gasteiger partial charge on any atom is -0.506 e.